The van der Waals surface area contributed by atoms with Gasteiger partial charge in [-0.2, -0.15) is 0 Å². The summed E-state index contributed by atoms with van der Waals surface area (Å²) in [5, 5.41) is 19.7. The van der Waals surface area contributed by atoms with E-state index in [1.165, 1.54) is 18.2 Å². The molecule has 0 saturated carbocycles. The predicted molar refractivity (Wildman–Crippen MR) is 83.1 cm³/mol. The van der Waals surface area contributed by atoms with Crippen molar-refractivity contribution < 1.29 is 24.0 Å². The molecule has 0 radical (unpaired) electrons. The van der Waals surface area contributed by atoms with Crippen molar-refractivity contribution in [1.29, 1.82) is 0 Å². The second-order valence-electron chi connectivity index (χ2n) is 5.08. The Hall–Kier alpha value is -3.00. The van der Waals surface area contributed by atoms with Gasteiger partial charge in [-0.05, 0) is 17.7 Å². The minimum absolute atomic E-state index is 0.0815. The molecule has 3 N–H and O–H groups in total. The third-order valence-electron chi connectivity index (χ3n) is 3.36. The number of rotatable bonds is 7. The normalized spacial score (nSPS) is 11.8. The molecule has 2 aromatic carbocycles. The summed E-state index contributed by atoms with van der Waals surface area (Å²) in [6, 6.07) is 8.83. The van der Waals surface area contributed by atoms with E-state index >= 15 is 0 Å². The van der Waals surface area contributed by atoms with E-state index in [1.54, 1.807) is 18.2 Å². The average molecular weight is 334 g/mol. The SMILES string of the molecule is N[C@@H](Cc1ccc(OCc2ccccc2[N+](=O)[O-])cc1F)C(=O)O. The molecule has 7 nitrogen and oxygen atoms in total. The van der Waals surface area contributed by atoms with Gasteiger partial charge in [-0.25, -0.2) is 4.39 Å². The van der Waals surface area contributed by atoms with Crippen molar-refractivity contribution in [3.8, 4) is 5.75 Å². The summed E-state index contributed by atoms with van der Waals surface area (Å²) < 4.78 is 19.3. The van der Waals surface area contributed by atoms with Gasteiger partial charge < -0.3 is 15.6 Å². The molecule has 0 fully saturated rings. The van der Waals surface area contributed by atoms with Gasteiger partial charge in [-0.15, -0.1) is 0 Å². The number of nitro benzene ring substituents is 1. The van der Waals surface area contributed by atoms with E-state index in [2.05, 4.69) is 0 Å². The number of halogens is 1. The van der Waals surface area contributed by atoms with E-state index in [4.69, 9.17) is 15.6 Å². The van der Waals surface area contributed by atoms with Crippen LogP contribution in [0.4, 0.5) is 10.1 Å². The second kappa shape index (κ2) is 7.51. The minimum Gasteiger partial charge on any atom is -0.489 e. The number of ether oxygens (including phenoxy) is 1. The quantitative estimate of drug-likeness (QED) is 0.593. The van der Waals surface area contributed by atoms with Crippen LogP contribution < -0.4 is 10.5 Å². The van der Waals surface area contributed by atoms with Gasteiger partial charge in [-0.1, -0.05) is 18.2 Å². The highest BCUT2D eigenvalue weighted by atomic mass is 19.1. The van der Waals surface area contributed by atoms with Gasteiger partial charge in [-0.3, -0.25) is 14.9 Å². The van der Waals surface area contributed by atoms with Crippen LogP contribution in [0, 0.1) is 15.9 Å². The third kappa shape index (κ3) is 4.26. The standard InChI is InChI=1S/C16H15FN2O5/c17-13-8-12(6-5-10(13)7-14(18)16(20)21)24-9-11-3-1-2-4-15(11)19(22)23/h1-6,8,14H,7,9,18H2,(H,20,21)/t14-/m0/s1. The molecule has 0 unspecified atom stereocenters. The fourth-order valence-electron chi connectivity index (χ4n) is 2.08. The number of aliphatic carboxylic acids is 1. The van der Waals surface area contributed by atoms with Crippen molar-refractivity contribution in [2.45, 2.75) is 19.1 Å². The number of benzene rings is 2. The van der Waals surface area contributed by atoms with Crippen LogP contribution >= 0.6 is 0 Å². The molecule has 2 rings (SSSR count). The van der Waals surface area contributed by atoms with Crippen molar-refractivity contribution in [1.82, 2.24) is 0 Å². The van der Waals surface area contributed by atoms with Crippen molar-refractivity contribution in [3.63, 3.8) is 0 Å². The van der Waals surface area contributed by atoms with Gasteiger partial charge in [0.2, 0.25) is 0 Å². The maximum absolute atomic E-state index is 14.0. The average Bonchev–Trinajstić information content (AvgIpc) is 2.55. The summed E-state index contributed by atoms with van der Waals surface area (Å²) in [7, 11) is 0. The number of hydrogen-bond acceptors (Lipinski definition) is 5. The van der Waals surface area contributed by atoms with Gasteiger partial charge in [0.15, 0.2) is 0 Å². The zero-order chi connectivity index (χ0) is 17.7. The van der Waals surface area contributed by atoms with Gasteiger partial charge in [0.05, 0.1) is 10.5 Å². The first-order valence-electron chi connectivity index (χ1n) is 7.00. The lowest BCUT2D eigenvalue weighted by atomic mass is 10.1. The number of carbonyl (C=O) groups is 1. The first-order chi connectivity index (χ1) is 11.4. The lowest BCUT2D eigenvalue weighted by Gasteiger charge is -2.10. The summed E-state index contributed by atoms with van der Waals surface area (Å²) in [6.07, 6.45) is -0.147. The summed E-state index contributed by atoms with van der Waals surface area (Å²) in [4.78, 5) is 21.1. The van der Waals surface area contributed by atoms with Crippen LogP contribution in [0.5, 0.6) is 5.75 Å². The molecule has 0 bridgehead atoms. The Labute approximate surface area is 136 Å². The highest BCUT2D eigenvalue weighted by Crippen LogP contribution is 2.22. The molecule has 126 valence electrons. The van der Waals surface area contributed by atoms with Gasteiger partial charge >= 0.3 is 5.97 Å². The minimum atomic E-state index is -1.22. The number of carboxylic acid groups (broad SMARTS) is 1. The highest BCUT2D eigenvalue weighted by molar-refractivity contribution is 5.73. The lowest BCUT2D eigenvalue weighted by molar-refractivity contribution is -0.385. The van der Waals surface area contributed by atoms with Crippen LogP contribution in [-0.4, -0.2) is 22.0 Å². The molecule has 0 spiro atoms. The number of para-hydroxylation sites is 1. The molecule has 0 aromatic heterocycles. The molecule has 0 saturated heterocycles. The fraction of sp³-hybridized carbons (Fsp3) is 0.188. The lowest BCUT2D eigenvalue weighted by Crippen LogP contribution is -2.32. The van der Waals surface area contributed by atoms with Crippen LogP contribution in [-0.2, 0) is 17.8 Å². The van der Waals surface area contributed by atoms with Gasteiger partial charge in [0, 0.05) is 18.6 Å². The number of nitrogens with zero attached hydrogens (tertiary/aromatic N) is 1. The largest absolute Gasteiger partial charge is 0.489 e. The molecule has 0 aliphatic rings. The number of nitro groups is 1. The van der Waals surface area contributed by atoms with E-state index < -0.39 is 22.8 Å². The van der Waals surface area contributed by atoms with E-state index in [0.717, 1.165) is 6.07 Å². The Kier molecular flexibility index (Phi) is 5.43. The smallest absolute Gasteiger partial charge is 0.320 e. The van der Waals surface area contributed by atoms with E-state index in [0.29, 0.717) is 5.56 Å². The number of nitrogens with two attached hydrogens (primary N) is 1. The Morgan fingerprint density at radius 3 is 2.62 bits per heavy atom. The summed E-state index contributed by atoms with van der Waals surface area (Å²) >= 11 is 0. The third-order valence-corrected chi connectivity index (χ3v) is 3.36. The second-order valence-corrected chi connectivity index (χ2v) is 5.08. The summed E-state index contributed by atoms with van der Waals surface area (Å²) in [5.74, 6) is -1.68. The summed E-state index contributed by atoms with van der Waals surface area (Å²) in [5.41, 5.74) is 5.81. The van der Waals surface area contributed by atoms with Crippen molar-refractivity contribution in [3.05, 3.63) is 69.5 Å². The molecule has 24 heavy (non-hydrogen) atoms. The molecule has 0 amide bonds. The Bertz CT molecular complexity index is 766. The number of hydrogen-bond donors (Lipinski definition) is 2. The van der Waals surface area contributed by atoms with E-state index in [1.807, 2.05) is 0 Å². The first-order valence-corrected chi connectivity index (χ1v) is 7.00. The molecular weight excluding hydrogens is 319 g/mol. The van der Waals surface area contributed by atoms with E-state index in [-0.39, 0.29) is 30.0 Å². The Morgan fingerprint density at radius 1 is 1.29 bits per heavy atom. The van der Waals surface area contributed by atoms with Gasteiger partial charge in [0.1, 0.15) is 24.2 Å². The van der Waals surface area contributed by atoms with Crippen LogP contribution in [0.2, 0.25) is 0 Å². The zero-order valence-corrected chi connectivity index (χ0v) is 12.5. The fourth-order valence-corrected chi connectivity index (χ4v) is 2.08. The Morgan fingerprint density at radius 2 is 2.00 bits per heavy atom. The first kappa shape index (κ1) is 17.4. The maximum atomic E-state index is 14.0. The maximum Gasteiger partial charge on any atom is 0.320 e. The van der Waals surface area contributed by atoms with Crippen molar-refractivity contribution in [2.24, 2.45) is 5.73 Å². The summed E-state index contributed by atoms with van der Waals surface area (Å²) in [6.45, 7) is -0.0927. The topological polar surface area (TPSA) is 116 Å². The van der Waals surface area contributed by atoms with Crippen LogP contribution in [0.3, 0.4) is 0 Å². The predicted octanol–water partition coefficient (Wildman–Crippen LogP) is 2.27. The molecule has 0 aliphatic heterocycles. The van der Waals surface area contributed by atoms with Crippen LogP contribution in [0.15, 0.2) is 42.5 Å². The number of carboxylic acids is 1. The molecule has 2 aromatic rings. The van der Waals surface area contributed by atoms with E-state index in [9.17, 15) is 19.3 Å². The molecule has 0 aliphatic carbocycles. The van der Waals surface area contributed by atoms with Crippen molar-refractivity contribution in [2.75, 3.05) is 0 Å². The Balaban J connectivity index is 2.08. The molecular formula is C16H15FN2O5. The molecule has 0 heterocycles. The molecule has 1 atom stereocenters. The van der Waals surface area contributed by atoms with Crippen molar-refractivity contribution >= 4 is 11.7 Å². The monoisotopic (exact) mass is 334 g/mol. The van der Waals surface area contributed by atoms with Gasteiger partial charge in [0.25, 0.3) is 5.69 Å². The van der Waals surface area contributed by atoms with Crippen LogP contribution in [0.1, 0.15) is 11.1 Å². The highest BCUT2D eigenvalue weighted by Gasteiger charge is 2.16. The molecule has 8 heteroatoms. The van der Waals surface area contributed by atoms with Crippen LogP contribution in [0.25, 0.3) is 0 Å². The zero-order valence-electron chi connectivity index (χ0n) is 12.5.